The Labute approximate surface area is 475 Å². The van der Waals surface area contributed by atoms with Crippen LogP contribution in [0.25, 0.3) is 0 Å². The molecule has 0 aromatic heterocycles. The van der Waals surface area contributed by atoms with Gasteiger partial charge in [0.05, 0.1) is 0 Å². The zero-order valence-electron chi connectivity index (χ0n) is 50.2. The smallest absolute Gasteiger partial charge is 0.306 e. The SMILES string of the molecule is CC/C=C\C/C=C\C/C=C\C/C=C\C/C=C\C/C=C\CCCCCCCCCCCCC(=O)OCC(COC(=O)CCCCCCC/C=C\CCCC)OC(=O)CCCCCCCC/C=C\C/C=C\C/C=C\CCCCC. The minimum atomic E-state index is -0.793. The van der Waals surface area contributed by atoms with Crippen molar-refractivity contribution >= 4 is 17.9 Å². The maximum atomic E-state index is 12.9. The second-order valence-corrected chi connectivity index (χ2v) is 20.9. The van der Waals surface area contributed by atoms with Crippen LogP contribution in [0, 0.1) is 0 Å². The van der Waals surface area contributed by atoms with Gasteiger partial charge in [-0.2, -0.15) is 0 Å². The van der Waals surface area contributed by atoms with Crippen LogP contribution in [0.3, 0.4) is 0 Å². The van der Waals surface area contributed by atoms with Gasteiger partial charge < -0.3 is 14.2 Å². The molecule has 438 valence electrons. The average Bonchev–Trinajstić information content (AvgIpc) is 3.43. The van der Waals surface area contributed by atoms with Gasteiger partial charge in [-0.05, 0) is 128 Å². The average molecular weight is 1070 g/mol. The molecule has 0 saturated carbocycles. The van der Waals surface area contributed by atoms with Crippen molar-refractivity contribution in [1.82, 2.24) is 0 Å². The van der Waals surface area contributed by atoms with Crippen molar-refractivity contribution in [2.75, 3.05) is 13.2 Å². The van der Waals surface area contributed by atoms with Gasteiger partial charge in [0.25, 0.3) is 0 Å². The zero-order valence-corrected chi connectivity index (χ0v) is 50.2. The summed E-state index contributed by atoms with van der Waals surface area (Å²) in [4.78, 5) is 38.2. The van der Waals surface area contributed by atoms with Crippen molar-refractivity contribution in [3.05, 3.63) is 122 Å². The predicted molar refractivity (Wildman–Crippen MR) is 334 cm³/mol. The molecule has 0 bridgehead atoms. The molecular formula is C71H118O6. The third-order valence-electron chi connectivity index (χ3n) is 13.4. The Kier molecular flexibility index (Phi) is 60.8. The number of hydrogen-bond acceptors (Lipinski definition) is 6. The Morgan fingerprint density at radius 2 is 0.519 bits per heavy atom. The third kappa shape index (κ3) is 62.5. The lowest BCUT2D eigenvalue weighted by Crippen LogP contribution is -2.30. The number of allylic oxidation sites excluding steroid dienone is 20. The Bertz CT molecular complexity index is 1600. The zero-order chi connectivity index (χ0) is 55.7. The van der Waals surface area contributed by atoms with Crippen LogP contribution in [0.1, 0.15) is 290 Å². The van der Waals surface area contributed by atoms with E-state index in [1.54, 1.807) is 0 Å². The van der Waals surface area contributed by atoms with Crippen LogP contribution in [0.4, 0.5) is 0 Å². The van der Waals surface area contributed by atoms with Crippen LogP contribution >= 0.6 is 0 Å². The molecule has 6 heteroatoms. The molecule has 1 unspecified atom stereocenters. The van der Waals surface area contributed by atoms with Gasteiger partial charge in [0.1, 0.15) is 13.2 Å². The normalized spacial score (nSPS) is 12.9. The molecule has 0 aromatic rings. The van der Waals surface area contributed by atoms with Crippen molar-refractivity contribution in [2.45, 2.75) is 297 Å². The molecule has 0 radical (unpaired) electrons. The first-order valence-corrected chi connectivity index (χ1v) is 32.0. The van der Waals surface area contributed by atoms with Gasteiger partial charge in [0, 0.05) is 19.3 Å². The van der Waals surface area contributed by atoms with E-state index in [9.17, 15) is 14.4 Å². The molecule has 0 aromatic carbocycles. The first-order chi connectivity index (χ1) is 38.0. The maximum Gasteiger partial charge on any atom is 0.306 e. The molecule has 0 saturated heterocycles. The summed E-state index contributed by atoms with van der Waals surface area (Å²) in [6, 6.07) is 0. The van der Waals surface area contributed by atoms with Crippen LogP contribution in [0.15, 0.2) is 122 Å². The summed E-state index contributed by atoms with van der Waals surface area (Å²) in [6.07, 6.45) is 89.2. The monoisotopic (exact) mass is 1070 g/mol. The highest BCUT2D eigenvalue weighted by Crippen LogP contribution is 2.15. The quantitative estimate of drug-likeness (QED) is 0.0261. The summed E-state index contributed by atoms with van der Waals surface area (Å²) in [5.74, 6) is -0.913. The number of ether oxygens (including phenoxy) is 3. The summed E-state index contributed by atoms with van der Waals surface area (Å²) in [6.45, 7) is 6.45. The summed E-state index contributed by atoms with van der Waals surface area (Å²) < 4.78 is 16.9. The fourth-order valence-electron chi connectivity index (χ4n) is 8.61. The summed E-state index contributed by atoms with van der Waals surface area (Å²) in [5.41, 5.74) is 0. The van der Waals surface area contributed by atoms with Crippen molar-refractivity contribution < 1.29 is 28.6 Å². The van der Waals surface area contributed by atoms with Crippen molar-refractivity contribution in [2.24, 2.45) is 0 Å². The van der Waals surface area contributed by atoms with Gasteiger partial charge in [0.2, 0.25) is 0 Å². The Morgan fingerprint density at radius 1 is 0.273 bits per heavy atom. The van der Waals surface area contributed by atoms with E-state index >= 15 is 0 Å². The first kappa shape index (κ1) is 72.8. The van der Waals surface area contributed by atoms with Crippen LogP contribution in [0.5, 0.6) is 0 Å². The third-order valence-corrected chi connectivity index (χ3v) is 13.4. The Morgan fingerprint density at radius 3 is 0.844 bits per heavy atom. The van der Waals surface area contributed by atoms with Crippen LogP contribution in [-0.2, 0) is 28.6 Å². The summed E-state index contributed by atoms with van der Waals surface area (Å²) >= 11 is 0. The lowest BCUT2D eigenvalue weighted by Gasteiger charge is -2.18. The predicted octanol–water partition coefficient (Wildman–Crippen LogP) is 22.0. The highest BCUT2D eigenvalue weighted by atomic mass is 16.6. The molecule has 0 spiro atoms. The largest absolute Gasteiger partial charge is 0.462 e. The highest BCUT2D eigenvalue weighted by molar-refractivity contribution is 5.71. The van der Waals surface area contributed by atoms with E-state index in [4.69, 9.17) is 14.2 Å². The van der Waals surface area contributed by atoms with E-state index in [1.165, 1.54) is 116 Å². The van der Waals surface area contributed by atoms with E-state index in [1.807, 2.05) is 0 Å². The molecule has 0 N–H and O–H groups in total. The van der Waals surface area contributed by atoms with E-state index in [0.29, 0.717) is 19.3 Å². The van der Waals surface area contributed by atoms with E-state index in [0.717, 1.165) is 135 Å². The second-order valence-electron chi connectivity index (χ2n) is 20.9. The minimum Gasteiger partial charge on any atom is -0.462 e. The van der Waals surface area contributed by atoms with Gasteiger partial charge in [0.15, 0.2) is 6.10 Å². The molecular weight excluding hydrogens is 949 g/mol. The van der Waals surface area contributed by atoms with Gasteiger partial charge in [-0.3, -0.25) is 14.4 Å². The van der Waals surface area contributed by atoms with Gasteiger partial charge in [-0.25, -0.2) is 0 Å². The van der Waals surface area contributed by atoms with E-state index in [-0.39, 0.29) is 31.1 Å². The fourth-order valence-corrected chi connectivity index (χ4v) is 8.61. The number of unbranched alkanes of at least 4 members (excludes halogenated alkanes) is 26. The molecule has 0 aliphatic carbocycles. The van der Waals surface area contributed by atoms with Crippen molar-refractivity contribution in [3.8, 4) is 0 Å². The lowest BCUT2D eigenvalue weighted by molar-refractivity contribution is -0.167. The molecule has 0 heterocycles. The maximum absolute atomic E-state index is 12.9. The summed E-state index contributed by atoms with van der Waals surface area (Å²) in [7, 11) is 0. The van der Waals surface area contributed by atoms with Crippen molar-refractivity contribution in [3.63, 3.8) is 0 Å². The number of carbonyl (C=O) groups excluding carboxylic acids is 3. The molecule has 0 amide bonds. The molecule has 1 atom stereocenters. The molecule has 77 heavy (non-hydrogen) atoms. The Balaban J connectivity index is 4.29. The van der Waals surface area contributed by atoms with E-state index in [2.05, 4.69) is 142 Å². The summed E-state index contributed by atoms with van der Waals surface area (Å²) in [5, 5.41) is 0. The highest BCUT2D eigenvalue weighted by Gasteiger charge is 2.19. The van der Waals surface area contributed by atoms with Gasteiger partial charge >= 0.3 is 17.9 Å². The number of carbonyl (C=O) groups is 3. The standard InChI is InChI=1S/C71H118O6/c1-4-7-10-13-16-19-22-24-26-28-30-31-32-33-34-35-36-37-38-39-41-42-44-46-49-52-55-58-61-64-70(73)76-67-68(66-75-69(72)63-60-57-54-51-48-21-18-15-12-9-6-3)77-71(74)65-62-59-56-53-50-47-45-43-40-29-27-25-23-20-17-14-11-8-5-2/h7,10,15-20,24-27,30-31,33-34,36-37,40,43,68H,4-6,8-9,11-14,21-23,28-29,32,35,38-39,41-42,44-67H2,1-3H3/b10-7-,18-15-,19-16-,20-17-,26-24-,27-25-,31-30-,34-33-,37-36-,43-40-. The molecule has 0 fully saturated rings. The van der Waals surface area contributed by atoms with Gasteiger partial charge in [-0.15, -0.1) is 0 Å². The topological polar surface area (TPSA) is 78.9 Å². The van der Waals surface area contributed by atoms with Crippen LogP contribution < -0.4 is 0 Å². The van der Waals surface area contributed by atoms with Crippen LogP contribution in [0.2, 0.25) is 0 Å². The molecule has 6 nitrogen and oxygen atoms in total. The van der Waals surface area contributed by atoms with Crippen LogP contribution in [-0.4, -0.2) is 37.2 Å². The number of esters is 3. The number of hydrogen-bond donors (Lipinski definition) is 0. The lowest BCUT2D eigenvalue weighted by atomic mass is 10.1. The first-order valence-electron chi connectivity index (χ1n) is 32.0. The Hall–Kier alpha value is -4.19. The second kappa shape index (κ2) is 64.3. The fraction of sp³-hybridized carbons (Fsp3) is 0.676. The molecule has 0 rings (SSSR count). The van der Waals surface area contributed by atoms with Gasteiger partial charge in [-0.1, -0.05) is 264 Å². The van der Waals surface area contributed by atoms with Crippen molar-refractivity contribution in [1.29, 1.82) is 0 Å². The molecule has 0 aliphatic rings. The molecule has 0 aliphatic heterocycles. The number of rotatable bonds is 57. The van der Waals surface area contributed by atoms with E-state index < -0.39 is 6.10 Å². The minimum absolute atomic E-state index is 0.0899.